The van der Waals surface area contributed by atoms with Crippen molar-refractivity contribution in [1.29, 1.82) is 5.26 Å². The van der Waals surface area contributed by atoms with Crippen LogP contribution in [0.15, 0.2) is 0 Å². The van der Waals surface area contributed by atoms with E-state index in [-0.39, 0.29) is 22.8 Å². The van der Waals surface area contributed by atoms with Crippen LogP contribution < -0.4 is 5.32 Å². The highest BCUT2D eigenvalue weighted by Crippen LogP contribution is 2.40. The molecule has 0 aliphatic rings. The Kier molecular flexibility index (Phi) is 12.2. The lowest BCUT2D eigenvalue weighted by molar-refractivity contribution is -0.890. The predicted octanol–water partition coefficient (Wildman–Crippen LogP) is 3.16. The second-order valence-electron chi connectivity index (χ2n) is 9.66. The van der Waals surface area contributed by atoms with Gasteiger partial charge in [-0.1, -0.05) is 29.5 Å². The number of nitrogens with zero attached hydrogens (tertiary/aromatic N) is 2. The molecule has 3 atom stereocenters. The van der Waals surface area contributed by atoms with Crippen molar-refractivity contribution >= 4 is 51.2 Å². The molecule has 0 fully saturated rings. The molecule has 3 unspecified atom stereocenters. The molecular weight excluding hydrogens is 537 g/mol. The number of rotatable bonds is 14. The zero-order valence-electron chi connectivity index (χ0n) is 19.1. The molecule has 0 spiro atoms. The van der Waals surface area contributed by atoms with E-state index in [1.54, 1.807) is 0 Å². The summed E-state index contributed by atoms with van der Waals surface area (Å²) in [7, 11) is 0.0751. The topological polar surface area (TPSA) is 107 Å². The minimum atomic E-state index is -3.93. The highest BCUT2D eigenvalue weighted by atomic mass is 127. The Balaban J connectivity index is 4.83. The fourth-order valence-corrected chi connectivity index (χ4v) is 4.94. The first kappa shape index (κ1) is 29.9. The summed E-state index contributed by atoms with van der Waals surface area (Å²) in [6, 6.07) is 2.34. The van der Waals surface area contributed by atoms with Gasteiger partial charge in [-0.05, 0) is 33.1 Å². The molecule has 0 rings (SSSR count). The van der Waals surface area contributed by atoms with E-state index in [0.29, 0.717) is 30.4 Å². The molecule has 0 aliphatic heterocycles. The molecule has 176 valence electrons. The molecule has 30 heavy (non-hydrogen) atoms. The van der Waals surface area contributed by atoms with Gasteiger partial charge in [0.05, 0.1) is 49.8 Å². The summed E-state index contributed by atoms with van der Waals surface area (Å²) in [5.41, 5.74) is -1.21. The summed E-state index contributed by atoms with van der Waals surface area (Å²) in [5, 5.41) is 12.4. The zero-order valence-corrected chi connectivity index (χ0v) is 23.0. The molecule has 0 aromatic carbocycles. The number of hydrogen-bond acceptors (Lipinski definition) is 5. The van der Waals surface area contributed by atoms with Crippen molar-refractivity contribution in [2.24, 2.45) is 16.7 Å². The third-order valence-electron chi connectivity index (χ3n) is 6.04. The number of halogens is 1. The number of carbonyl (C=O) groups excluding carboxylic acids is 1. The first-order valence-electron chi connectivity index (χ1n) is 10.2. The van der Waals surface area contributed by atoms with Gasteiger partial charge >= 0.3 is 0 Å². The summed E-state index contributed by atoms with van der Waals surface area (Å²) in [5.74, 6) is -0.244. The third-order valence-corrected chi connectivity index (χ3v) is 9.18. The lowest BCUT2D eigenvalue weighted by Gasteiger charge is -2.38. The number of amides is 1. The molecule has 0 saturated heterocycles. The largest absolute Gasteiger partial charge is 0.355 e. The Morgan fingerprint density at radius 1 is 1.27 bits per heavy atom. The number of quaternary nitrogens is 1. The van der Waals surface area contributed by atoms with Crippen molar-refractivity contribution in [2.75, 3.05) is 43.9 Å². The molecule has 0 aromatic heterocycles. The Labute approximate surface area is 202 Å². The molecule has 0 radical (unpaired) electrons. The Morgan fingerprint density at radius 3 is 2.27 bits per heavy atom. The molecule has 1 amide bonds. The van der Waals surface area contributed by atoms with Crippen LogP contribution >= 0.6 is 35.2 Å². The minimum absolute atomic E-state index is 0.0363. The lowest BCUT2D eigenvalue weighted by atomic mass is 9.70. The molecule has 10 heteroatoms. The van der Waals surface area contributed by atoms with Crippen molar-refractivity contribution in [3.05, 3.63) is 0 Å². The second kappa shape index (κ2) is 12.2. The van der Waals surface area contributed by atoms with Crippen LogP contribution in [0.4, 0.5) is 0 Å². The maximum absolute atomic E-state index is 13.1. The predicted molar refractivity (Wildman–Crippen MR) is 133 cm³/mol. The Morgan fingerprint density at radius 2 is 1.80 bits per heavy atom. The van der Waals surface area contributed by atoms with Crippen molar-refractivity contribution in [3.8, 4) is 6.07 Å². The van der Waals surface area contributed by atoms with E-state index in [9.17, 15) is 18.5 Å². The van der Waals surface area contributed by atoms with Gasteiger partial charge in [0.15, 0.2) is 0 Å². The number of nitriles is 1. The second-order valence-corrected chi connectivity index (χ2v) is 12.7. The number of hydrogen-bond donors (Lipinski definition) is 3. The van der Waals surface area contributed by atoms with E-state index in [4.69, 9.17) is 4.55 Å². The van der Waals surface area contributed by atoms with Crippen molar-refractivity contribution < 1.29 is 22.2 Å². The van der Waals surface area contributed by atoms with Gasteiger partial charge in [0.25, 0.3) is 10.1 Å². The monoisotopic (exact) mass is 576 g/mol. The fourth-order valence-electron chi connectivity index (χ4n) is 3.25. The van der Waals surface area contributed by atoms with E-state index in [1.165, 1.54) is 0 Å². The van der Waals surface area contributed by atoms with Crippen LogP contribution in [0.1, 0.15) is 47.0 Å². The SMILES string of the molecule is CC(CC(C)(C(=O)NCCC[N+](C)(C)CCCS(=O)(=O)O)C(S)CI)C(C)(C)C#N. The summed E-state index contributed by atoms with van der Waals surface area (Å²) >= 11 is 6.92. The van der Waals surface area contributed by atoms with Gasteiger partial charge in [-0.25, -0.2) is 0 Å². The van der Waals surface area contributed by atoms with Gasteiger partial charge < -0.3 is 9.80 Å². The van der Waals surface area contributed by atoms with E-state index < -0.39 is 20.9 Å². The van der Waals surface area contributed by atoms with Crippen LogP contribution in [0.25, 0.3) is 0 Å². The van der Waals surface area contributed by atoms with Crippen LogP contribution in [0, 0.1) is 28.1 Å². The molecule has 0 saturated carbocycles. The third kappa shape index (κ3) is 10.5. The number of thiol groups is 1. The standard InChI is InChI=1S/C20H38IN3O4S2/c1-16(19(2,3)15-22)13-20(4,17(29)14-21)18(25)23-9-7-10-24(5,6)11-8-12-30(26,27)28/h16-17H,7-14H2,1-6H3,(H2-,23,25,26,27,28,29)/p+1. The lowest BCUT2D eigenvalue weighted by Crippen LogP contribution is -2.48. The van der Waals surface area contributed by atoms with E-state index >= 15 is 0 Å². The maximum Gasteiger partial charge on any atom is 0.265 e. The van der Waals surface area contributed by atoms with Crippen LogP contribution in [0.2, 0.25) is 0 Å². The normalized spacial score (nSPS) is 16.9. The average Bonchev–Trinajstić information content (AvgIpc) is 2.62. The zero-order chi connectivity index (χ0) is 23.8. The van der Waals surface area contributed by atoms with Crippen LogP contribution in [0.3, 0.4) is 0 Å². The molecular formula is C20H39IN3O4S2+. The van der Waals surface area contributed by atoms with Crippen LogP contribution in [0.5, 0.6) is 0 Å². The van der Waals surface area contributed by atoms with E-state index in [0.717, 1.165) is 17.4 Å². The maximum atomic E-state index is 13.1. The Bertz CT molecular complexity index is 707. The quantitative estimate of drug-likeness (QED) is 0.0736. The first-order chi connectivity index (χ1) is 13.5. The number of nitrogens with one attached hydrogen (secondary N) is 1. The van der Waals surface area contributed by atoms with Gasteiger partial charge in [-0.2, -0.15) is 26.3 Å². The smallest absolute Gasteiger partial charge is 0.265 e. The fraction of sp³-hybridized carbons (Fsp3) is 0.900. The summed E-state index contributed by atoms with van der Waals surface area (Å²) < 4.78 is 31.9. The summed E-state index contributed by atoms with van der Waals surface area (Å²) in [6.07, 6.45) is 1.72. The molecule has 0 aromatic rings. The molecule has 7 nitrogen and oxygen atoms in total. The summed E-state index contributed by atoms with van der Waals surface area (Å²) in [6.45, 7) is 9.65. The van der Waals surface area contributed by atoms with E-state index in [2.05, 4.69) is 46.6 Å². The van der Waals surface area contributed by atoms with Crippen molar-refractivity contribution in [3.63, 3.8) is 0 Å². The highest BCUT2D eigenvalue weighted by molar-refractivity contribution is 14.1. The average molecular weight is 577 g/mol. The van der Waals surface area contributed by atoms with Crippen LogP contribution in [-0.4, -0.2) is 72.5 Å². The highest BCUT2D eigenvalue weighted by Gasteiger charge is 2.43. The van der Waals surface area contributed by atoms with Gasteiger partial charge in [-0.15, -0.1) is 0 Å². The van der Waals surface area contributed by atoms with E-state index in [1.807, 2.05) is 41.8 Å². The number of carbonyl (C=O) groups is 1. The van der Waals surface area contributed by atoms with Crippen LogP contribution in [-0.2, 0) is 14.9 Å². The first-order valence-corrected chi connectivity index (χ1v) is 13.9. The van der Waals surface area contributed by atoms with Gasteiger partial charge in [0.2, 0.25) is 5.91 Å². The van der Waals surface area contributed by atoms with Crippen molar-refractivity contribution in [2.45, 2.75) is 52.2 Å². The minimum Gasteiger partial charge on any atom is -0.355 e. The Hall–Kier alpha value is -0.0900. The molecule has 0 heterocycles. The van der Waals surface area contributed by atoms with Gasteiger partial charge in [0, 0.05) is 29.1 Å². The summed E-state index contributed by atoms with van der Waals surface area (Å²) in [4.78, 5) is 13.1. The van der Waals surface area contributed by atoms with Crippen molar-refractivity contribution in [1.82, 2.24) is 5.32 Å². The van der Waals surface area contributed by atoms with Gasteiger partial charge in [0.1, 0.15) is 0 Å². The number of alkyl halides is 1. The van der Waals surface area contributed by atoms with Gasteiger partial charge in [-0.3, -0.25) is 9.35 Å². The molecule has 0 aliphatic carbocycles. The molecule has 2 N–H and O–H groups in total. The molecule has 0 bridgehead atoms.